The molecule has 1 aromatic rings. The van der Waals surface area contributed by atoms with E-state index in [0.29, 0.717) is 5.69 Å². The van der Waals surface area contributed by atoms with E-state index >= 15 is 0 Å². The third-order valence-corrected chi connectivity index (χ3v) is 2.28. The second-order valence-electron chi connectivity index (χ2n) is 4.24. The molecule has 0 aliphatic rings. The quantitative estimate of drug-likeness (QED) is 0.556. The number of nitrogens with zero attached hydrogens (tertiary/aromatic N) is 1. The number of aromatic nitrogens is 1. The molecule has 3 heteroatoms. The first kappa shape index (κ1) is 11.2. The number of carbonyl (C=O) groups is 1. The van der Waals surface area contributed by atoms with Crippen LogP contribution >= 0.6 is 11.6 Å². The summed E-state index contributed by atoms with van der Waals surface area (Å²) in [6.07, 6.45) is 1.74. The normalized spacial score (nSPS) is 11.4. The number of alkyl halides is 1. The first-order chi connectivity index (χ1) is 6.45. The van der Waals surface area contributed by atoms with Crippen molar-refractivity contribution in [2.45, 2.75) is 26.2 Å². The Morgan fingerprint density at radius 2 is 2.07 bits per heavy atom. The number of hydrogen-bond acceptors (Lipinski definition) is 2. The highest BCUT2D eigenvalue weighted by Crippen LogP contribution is 2.20. The van der Waals surface area contributed by atoms with E-state index < -0.39 is 0 Å². The van der Waals surface area contributed by atoms with Gasteiger partial charge in [-0.1, -0.05) is 26.8 Å². The monoisotopic (exact) mass is 211 g/mol. The van der Waals surface area contributed by atoms with Crippen LogP contribution in [0, 0.1) is 0 Å². The molecule has 0 unspecified atom stereocenters. The van der Waals surface area contributed by atoms with Gasteiger partial charge in [-0.3, -0.25) is 9.78 Å². The van der Waals surface area contributed by atoms with Crippen LogP contribution in [0.15, 0.2) is 18.3 Å². The molecular weight excluding hydrogens is 198 g/mol. The first-order valence-corrected chi connectivity index (χ1v) is 5.04. The van der Waals surface area contributed by atoms with Crippen LogP contribution in [0.25, 0.3) is 0 Å². The molecule has 2 nitrogen and oxygen atoms in total. The zero-order chi connectivity index (χ0) is 10.8. The molecule has 1 rings (SSSR count). The van der Waals surface area contributed by atoms with Crippen LogP contribution in [-0.2, 0) is 5.41 Å². The topological polar surface area (TPSA) is 30.0 Å². The summed E-state index contributed by atoms with van der Waals surface area (Å²) in [7, 11) is 0. The number of pyridine rings is 1. The lowest BCUT2D eigenvalue weighted by Gasteiger charge is -2.18. The number of hydrogen-bond donors (Lipinski definition) is 0. The molecule has 1 heterocycles. The maximum absolute atomic E-state index is 11.2. The molecule has 1 aromatic heterocycles. The van der Waals surface area contributed by atoms with Crippen molar-refractivity contribution in [3.05, 3.63) is 29.6 Å². The van der Waals surface area contributed by atoms with Crippen LogP contribution < -0.4 is 0 Å². The Labute approximate surface area is 89.3 Å². The number of Topliss-reactive ketones (excluding diaryl/α,β-unsaturated/α-hetero) is 1. The minimum absolute atomic E-state index is 0.0120. The Kier molecular flexibility index (Phi) is 3.27. The van der Waals surface area contributed by atoms with Crippen molar-refractivity contribution >= 4 is 17.4 Å². The van der Waals surface area contributed by atoms with Gasteiger partial charge in [0.1, 0.15) is 5.69 Å². The zero-order valence-corrected chi connectivity index (χ0v) is 9.43. The fourth-order valence-corrected chi connectivity index (χ4v) is 1.21. The summed E-state index contributed by atoms with van der Waals surface area (Å²) < 4.78 is 0. The number of ketones is 1. The summed E-state index contributed by atoms with van der Waals surface area (Å²) in [4.78, 5) is 15.3. The zero-order valence-electron chi connectivity index (χ0n) is 8.67. The molecule has 0 radical (unpaired) electrons. The second kappa shape index (κ2) is 4.09. The largest absolute Gasteiger partial charge is 0.291 e. The lowest BCUT2D eigenvalue weighted by atomic mass is 9.88. The summed E-state index contributed by atoms with van der Waals surface area (Å²) in [5.41, 5.74) is 1.62. The third-order valence-electron chi connectivity index (χ3n) is 2.04. The van der Waals surface area contributed by atoms with Crippen molar-refractivity contribution in [2.24, 2.45) is 0 Å². The van der Waals surface area contributed by atoms with Gasteiger partial charge in [-0.15, -0.1) is 11.6 Å². The highest BCUT2D eigenvalue weighted by molar-refractivity contribution is 6.30. The van der Waals surface area contributed by atoms with Crippen molar-refractivity contribution in [1.82, 2.24) is 4.98 Å². The fraction of sp³-hybridized carbons (Fsp3) is 0.455. The fourth-order valence-electron chi connectivity index (χ4n) is 1.07. The van der Waals surface area contributed by atoms with Gasteiger partial charge in [0, 0.05) is 6.20 Å². The van der Waals surface area contributed by atoms with E-state index in [1.807, 2.05) is 6.07 Å². The molecule has 0 amide bonds. The van der Waals surface area contributed by atoms with Crippen molar-refractivity contribution in [3.8, 4) is 0 Å². The Morgan fingerprint density at radius 1 is 1.43 bits per heavy atom. The molecule has 76 valence electrons. The van der Waals surface area contributed by atoms with Gasteiger partial charge in [-0.25, -0.2) is 0 Å². The summed E-state index contributed by atoms with van der Waals surface area (Å²) >= 11 is 5.43. The molecule has 0 saturated heterocycles. The van der Waals surface area contributed by atoms with E-state index in [4.69, 9.17) is 11.6 Å². The standard InChI is InChI=1S/C11H14ClNO/c1-11(2,3)8-4-5-9(13-7-8)10(14)6-12/h4-5,7H,6H2,1-3H3. The number of carbonyl (C=O) groups excluding carboxylic acids is 1. The van der Waals surface area contributed by atoms with Crippen LogP contribution in [0.2, 0.25) is 0 Å². The minimum atomic E-state index is -0.132. The average molecular weight is 212 g/mol. The van der Waals surface area contributed by atoms with Crippen LogP contribution in [0.4, 0.5) is 0 Å². The van der Waals surface area contributed by atoms with Gasteiger partial charge < -0.3 is 0 Å². The summed E-state index contributed by atoms with van der Waals surface area (Å²) in [5, 5.41) is 0. The molecule has 0 aliphatic heterocycles. The van der Waals surface area contributed by atoms with E-state index in [2.05, 4.69) is 25.8 Å². The molecule has 0 atom stereocenters. The molecule has 0 spiro atoms. The Bertz CT molecular complexity index is 324. The number of rotatable bonds is 2. The smallest absolute Gasteiger partial charge is 0.195 e. The van der Waals surface area contributed by atoms with Crippen LogP contribution in [0.5, 0.6) is 0 Å². The Hall–Kier alpha value is -0.890. The lowest BCUT2D eigenvalue weighted by molar-refractivity contribution is 0.101. The van der Waals surface area contributed by atoms with Gasteiger partial charge in [0.2, 0.25) is 0 Å². The summed E-state index contributed by atoms with van der Waals surface area (Å²) in [6, 6.07) is 3.65. The highest BCUT2D eigenvalue weighted by Gasteiger charge is 2.14. The third kappa shape index (κ3) is 2.55. The Morgan fingerprint density at radius 3 is 2.43 bits per heavy atom. The van der Waals surface area contributed by atoms with E-state index in [1.54, 1.807) is 12.3 Å². The predicted molar refractivity (Wildman–Crippen MR) is 58.0 cm³/mol. The molecule has 0 aromatic carbocycles. The molecule has 0 aliphatic carbocycles. The van der Waals surface area contributed by atoms with Crippen LogP contribution in [0.1, 0.15) is 36.8 Å². The van der Waals surface area contributed by atoms with E-state index in [-0.39, 0.29) is 17.1 Å². The van der Waals surface area contributed by atoms with Crippen molar-refractivity contribution < 1.29 is 4.79 Å². The maximum Gasteiger partial charge on any atom is 0.195 e. The summed E-state index contributed by atoms with van der Waals surface area (Å²) in [6.45, 7) is 6.31. The summed E-state index contributed by atoms with van der Waals surface area (Å²) in [5.74, 6) is -0.144. The van der Waals surface area contributed by atoms with Crippen LogP contribution in [0.3, 0.4) is 0 Å². The SMILES string of the molecule is CC(C)(C)c1ccc(C(=O)CCl)nc1. The van der Waals surface area contributed by atoms with Gasteiger partial charge in [0.05, 0.1) is 5.88 Å². The van der Waals surface area contributed by atoms with Gasteiger partial charge in [-0.2, -0.15) is 0 Å². The van der Waals surface area contributed by atoms with E-state index in [1.165, 1.54) is 0 Å². The lowest BCUT2D eigenvalue weighted by Crippen LogP contribution is -2.12. The predicted octanol–water partition coefficient (Wildman–Crippen LogP) is 2.80. The first-order valence-electron chi connectivity index (χ1n) is 4.51. The number of halogens is 1. The van der Waals surface area contributed by atoms with E-state index in [9.17, 15) is 4.79 Å². The van der Waals surface area contributed by atoms with Gasteiger partial charge >= 0.3 is 0 Å². The van der Waals surface area contributed by atoms with Gasteiger partial charge in [0.25, 0.3) is 0 Å². The van der Waals surface area contributed by atoms with E-state index in [0.717, 1.165) is 5.56 Å². The molecule has 0 N–H and O–H groups in total. The molecule has 0 bridgehead atoms. The Balaban J connectivity index is 2.95. The maximum atomic E-state index is 11.2. The van der Waals surface area contributed by atoms with Crippen molar-refractivity contribution in [2.75, 3.05) is 5.88 Å². The molecule has 0 saturated carbocycles. The molecule has 0 fully saturated rings. The van der Waals surface area contributed by atoms with Crippen LogP contribution in [-0.4, -0.2) is 16.6 Å². The van der Waals surface area contributed by atoms with Crippen molar-refractivity contribution in [1.29, 1.82) is 0 Å². The van der Waals surface area contributed by atoms with Gasteiger partial charge in [-0.05, 0) is 17.0 Å². The second-order valence-corrected chi connectivity index (χ2v) is 4.51. The average Bonchev–Trinajstić information content (AvgIpc) is 2.15. The van der Waals surface area contributed by atoms with Gasteiger partial charge in [0.15, 0.2) is 5.78 Å². The molecule has 14 heavy (non-hydrogen) atoms. The highest BCUT2D eigenvalue weighted by atomic mass is 35.5. The minimum Gasteiger partial charge on any atom is -0.291 e. The molecular formula is C11H14ClNO. The van der Waals surface area contributed by atoms with Crippen molar-refractivity contribution in [3.63, 3.8) is 0 Å².